The van der Waals surface area contributed by atoms with Crippen molar-refractivity contribution in [1.82, 2.24) is 10.3 Å². The van der Waals surface area contributed by atoms with Gasteiger partial charge in [0, 0.05) is 12.6 Å². The lowest BCUT2D eigenvalue weighted by Gasteiger charge is -2.13. The maximum atomic E-state index is 6.17. The van der Waals surface area contributed by atoms with E-state index >= 15 is 0 Å². The van der Waals surface area contributed by atoms with Crippen molar-refractivity contribution in [3.63, 3.8) is 0 Å². The average molecular weight is 299 g/mol. The van der Waals surface area contributed by atoms with E-state index in [1.807, 2.05) is 12.1 Å². The topological polar surface area (TPSA) is 34.1 Å². The SMILES string of the molecule is CCCC(C)COc1ccc(Cl)c(CNCC(C)C)n1. The van der Waals surface area contributed by atoms with E-state index < -0.39 is 0 Å². The zero-order valence-corrected chi connectivity index (χ0v) is 13.8. The van der Waals surface area contributed by atoms with Gasteiger partial charge in [-0.1, -0.05) is 45.7 Å². The van der Waals surface area contributed by atoms with Gasteiger partial charge >= 0.3 is 0 Å². The molecule has 0 bridgehead atoms. The molecule has 0 radical (unpaired) electrons. The van der Waals surface area contributed by atoms with Crippen LogP contribution in [0.25, 0.3) is 0 Å². The third-order valence-electron chi connectivity index (χ3n) is 3.04. The maximum absolute atomic E-state index is 6.17. The summed E-state index contributed by atoms with van der Waals surface area (Å²) in [6.45, 7) is 11.1. The minimum atomic E-state index is 0.556. The molecular formula is C16H27ClN2O. The Morgan fingerprint density at radius 2 is 2.05 bits per heavy atom. The molecule has 0 saturated heterocycles. The third-order valence-corrected chi connectivity index (χ3v) is 3.38. The highest BCUT2D eigenvalue weighted by Gasteiger charge is 2.07. The van der Waals surface area contributed by atoms with E-state index in [1.165, 1.54) is 12.8 Å². The lowest BCUT2D eigenvalue weighted by Crippen LogP contribution is -2.20. The van der Waals surface area contributed by atoms with E-state index in [-0.39, 0.29) is 0 Å². The van der Waals surface area contributed by atoms with E-state index in [1.54, 1.807) is 0 Å². The van der Waals surface area contributed by atoms with Crippen molar-refractivity contribution < 1.29 is 4.74 Å². The molecule has 0 spiro atoms. The fourth-order valence-corrected chi connectivity index (χ4v) is 2.12. The Morgan fingerprint density at radius 3 is 2.70 bits per heavy atom. The number of halogens is 1. The first-order valence-electron chi connectivity index (χ1n) is 7.51. The molecule has 1 N–H and O–H groups in total. The molecule has 1 aromatic heterocycles. The highest BCUT2D eigenvalue weighted by atomic mass is 35.5. The molecule has 1 atom stereocenters. The first-order chi connectivity index (χ1) is 9.52. The van der Waals surface area contributed by atoms with E-state index in [2.05, 4.69) is 38.0 Å². The van der Waals surface area contributed by atoms with Crippen molar-refractivity contribution in [2.75, 3.05) is 13.2 Å². The smallest absolute Gasteiger partial charge is 0.213 e. The molecule has 4 heteroatoms. The van der Waals surface area contributed by atoms with Crippen LogP contribution in [-0.4, -0.2) is 18.1 Å². The first kappa shape index (κ1) is 17.3. The van der Waals surface area contributed by atoms with Crippen LogP contribution in [0.3, 0.4) is 0 Å². The molecule has 0 aliphatic heterocycles. The minimum absolute atomic E-state index is 0.556. The van der Waals surface area contributed by atoms with E-state index in [9.17, 15) is 0 Å². The van der Waals surface area contributed by atoms with Crippen LogP contribution in [0.5, 0.6) is 5.88 Å². The molecular weight excluding hydrogens is 272 g/mol. The van der Waals surface area contributed by atoms with Crippen LogP contribution in [0.4, 0.5) is 0 Å². The van der Waals surface area contributed by atoms with Crippen molar-refractivity contribution in [2.45, 2.75) is 47.1 Å². The summed E-state index contributed by atoms with van der Waals surface area (Å²) >= 11 is 6.17. The van der Waals surface area contributed by atoms with Crippen LogP contribution in [-0.2, 0) is 6.54 Å². The zero-order valence-electron chi connectivity index (χ0n) is 13.1. The highest BCUT2D eigenvalue weighted by molar-refractivity contribution is 6.31. The number of ether oxygens (including phenoxy) is 1. The number of pyridine rings is 1. The summed E-state index contributed by atoms with van der Waals surface area (Å²) in [6, 6.07) is 3.70. The second-order valence-corrected chi connectivity index (χ2v) is 6.21. The molecule has 1 unspecified atom stereocenters. The van der Waals surface area contributed by atoms with Gasteiger partial charge in [0.1, 0.15) is 0 Å². The minimum Gasteiger partial charge on any atom is -0.477 e. The molecule has 0 fully saturated rings. The molecule has 0 aliphatic carbocycles. The lowest BCUT2D eigenvalue weighted by atomic mass is 10.1. The summed E-state index contributed by atoms with van der Waals surface area (Å²) in [5.41, 5.74) is 0.855. The predicted molar refractivity (Wildman–Crippen MR) is 85.4 cm³/mol. The summed E-state index contributed by atoms with van der Waals surface area (Å²) in [5.74, 6) is 1.83. The Hall–Kier alpha value is -0.800. The normalized spacial score (nSPS) is 12.7. The number of aromatic nitrogens is 1. The standard InChI is InChI=1S/C16H27ClN2O/c1-5-6-13(4)11-20-16-8-7-14(17)15(19-16)10-18-9-12(2)3/h7-8,12-13,18H,5-6,9-11H2,1-4H3. The Labute approximate surface area is 128 Å². The first-order valence-corrected chi connectivity index (χ1v) is 7.89. The number of rotatable bonds is 9. The van der Waals surface area contributed by atoms with Crippen molar-refractivity contribution in [2.24, 2.45) is 11.8 Å². The van der Waals surface area contributed by atoms with Crippen LogP contribution < -0.4 is 10.1 Å². The summed E-state index contributed by atoms with van der Waals surface area (Å²) < 4.78 is 5.75. The predicted octanol–water partition coefficient (Wildman–Crippen LogP) is 4.30. The summed E-state index contributed by atoms with van der Waals surface area (Å²) in [5, 5.41) is 4.04. The fourth-order valence-electron chi connectivity index (χ4n) is 1.95. The van der Waals surface area contributed by atoms with Crippen LogP contribution in [0.15, 0.2) is 12.1 Å². The lowest BCUT2D eigenvalue weighted by molar-refractivity contribution is 0.242. The van der Waals surface area contributed by atoms with Gasteiger partial charge in [0.05, 0.1) is 17.3 Å². The number of hydrogen-bond acceptors (Lipinski definition) is 3. The Balaban J connectivity index is 2.52. The van der Waals surface area contributed by atoms with Crippen molar-refractivity contribution >= 4 is 11.6 Å². The second kappa shape index (κ2) is 9.19. The summed E-state index contributed by atoms with van der Waals surface area (Å²) in [6.07, 6.45) is 2.36. The number of hydrogen-bond donors (Lipinski definition) is 1. The monoisotopic (exact) mass is 298 g/mol. The van der Waals surface area contributed by atoms with Gasteiger partial charge in [-0.25, -0.2) is 4.98 Å². The van der Waals surface area contributed by atoms with Gasteiger partial charge in [-0.05, 0) is 30.9 Å². The molecule has 3 nitrogen and oxygen atoms in total. The third kappa shape index (κ3) is 6.58. The fraction of sp³-hybridized carbons (Fsp3) is 0.688. The van der Waals surface area contributed by atoms with E-state index in [0.29, 0.717) is 35.9 Å². The molecule has 1 heterocycles. The van der Waals surface area contributed by atoms with Gasteiger partial charge in [-0.15, -0.1) is 0 Å². The molecule has 20 heavy (non-hydrogen) atoms. The van der Waals surface area contributed by atoms with Crippen LogP contribution in [0, 0.1) is 11.8 Å². The average Bonchev–Trinajstić information content (AvgIpc) is 2.39. The molecule has 1 rings (SSSR count). The second-order valence-electron chi connectivity index (χ2n) is 5.81. The largest absolute Gasteiger partial charge is 0.477 e. The van der Waals surface area contributed by atoms with Crippen LogP contribution in [0.2, 0.25) is 5.02 Å². The number of nitrogens with zero attached hydrogens (tertiary/aromatic N) is 1. The van der Waals surface area contributed by atoms with Crippen LogP contribution in [0.1, 0.15) is 46.2 Å². The summed E-state index contributed by atoms with van der Waals surface area (Å²) in [4.78, 5) is 4.48. The maximum Gasteiger partial charge on any atom is 0.213 e. The molecule has 114 valence electrons. The van der Waals surface area contributed by atoms with Crippen molar-refractivity contribution in [1.29, 1.82) is 0 Å². The van der Waals surface area contributed by atoms with Gasteiger partial charge in [-0.3, -0.25) is 0 Å². The Morgan fingerprint density at radius 1 is 1.30 bits per heavy atom. The highest BCUT2D eigenvalue weighted by Crippen LogP contribution is 2.19. The van der Waals surface area contributed by atoms with Crippen LogP contribution >= 0.6 is 11.6 Å². The quantitative estimate of drug-likeness (QED) is 0.738. The Bertz CT molecular complexity index is 396. The molecule has 0 aromatic carbocycles. The molecule has 0 amide bonds. The number of nitrogens with one attached hydrogen (secondary N) is 1. The van der Waals surface area contributed by atoms with Gasteiger partial charge in [0.15, 0.2) is 0 Å². The Kier molecular flexibility index (Phi) is 7.93. The van der Waals surface area contributed by atoms with E-state index in [0.717, 1.165) is 12.2 Å². The van der Waals surface area contributed by atoms with Gasteiger partial charge in [0.25, 0.3) is 0 Å². The molecule has 0 saturated carbocycles. The molecule has 1 aromatic rings. The summed E-state index contributed by atoms with van der Waals surface area (Å²) in [7, 11) is 0. The van der Waals surface area contributed by atoms with Crippen molar-refractivity contribution in [3.05, 3.63) is 22.8 Å². The molecule has 0 aliphatic rings. The van der Waals surface area contributed by atoms with E-state index in [4.69, 9.17) is 16.3 Å². The van der Waals surface area contributed by atoms with Gasteiger partial charge in [-0.2, -0.15) is 0 Å². The zero-order chi connectivity index (χ0) is 15.0. The van der Waals surface area contributed by atoms with Crippen molar-refractivity contribution in [3.8, 4) is 5.88 Å². The van der Waals surface area contributed by atoms with Gasteiger partial charge in [0.2, 0.25) is 5.88 Å². The van der Waals surface area contributed by atoms with Gasteiger partial charge < -0.3 is 10.1 Å².